The molecule has 2 rings (SSSR count). The van der Waals surface area contributed by atoms with Crippen LogP contribution in [0.1, 0.15) is 29.7 Å². The van der Waals surface area contributed by atoms with Crippen LogP contribution in [0.4, 0.5) is 0 Å². The Morgan fingerprint density at radius 2 is 2.33 bits per heavy atom. The SMILES string of the molecule is CN(Cc1csc(C=CC(=O)O)c1)C(=O)C1CCCCO1. The highest BCUT2D eigenvalue weighted by Crippen LogP contribution is 2.19. The molecular weight excluding hydrogens is 290 g/mol. The van der Waals surface area contributed by atoms with E-state index in [-0.39, 0.29) is 12.0 Å². The lowest BCUT2D eigenvalue weighted by atomic mass is 10.1. The van der Waals surface area contributed by atoms with E-state index in [9.17, 15) is 9.59 Å². The average Bonchev–Trinajstić information content (AvgIpc) is 2.92. The number of carbonyl (C=O) groups is 2. The summed E-state index contributed by atoms with van der Waals surface area (Å²) in [5.41, 5.74) is 0.997. The van der Waals surface area contributed by atoms with Crippen molar-refractivity contribution < 1.29 is 19.4 Å². The largest absolute Gasteiger partial charge is 0.478 e. The quantitative estimate of drug-likeness (QED) is 0.848. The molecule has 1 N–H and O–H groups in total. The molecule has 0 radical (unpaired) electrons. The van der Waals surface area contributed by atoms with Crippen molar-refractivity contribution in [1.29, 1.82) is 0 Å². The molecule has 1 atom stereocenters. The lowest BCUT2D eigenvalue weighted by Gasteiger charge is -2.26. The molecule has 1 unspecified atom stereocenters. The molecule has 0 saturated carbocycles. The molecule has 2 heterocycles. The number of carbonyl (C=O) groups excluding carboxylic acids is 1. The van der Waals surface area contributed by atoms with Gasteiger partial charge in [0.25, 0.3) is 5.91 Å². The number of nitrogens with zero attached hydrogens (tertiary/aromatic N) is 1. The predicted octanol–water partition coefficient (Wildman–Crippen LogP) is 2.37. The van der Waals surface area contributed by atoms with Gasteiger partial charge < -0.3 is 14.7 Å². The second kappa shape index (κ2) is 7.38. The van der Waals surface area contributed by atoms with Crippen LogP contribution in [0.25, 0.3) is 6.08 Å². The minimum atomic E-state index is -0.966. The van der Waals surface area contributed by atoms with Gasteiger partial charge in [-0.3, -0.25) is 4.79 Å². The van der Waals surface area contributed by atoms with Crippen LogP contribution in [0.2, 0.25) is 0 Å². The molecule has 1 amide bonds. The minimum absolute atomic E-state index is 0.0172. The van der Waals surface area contributed by atoms with Crippen LogP contribution in [0.3, 0.4) is 0 Å². The third-order valence-electron chi connectivity index (χ3n) is 3.32. The summed E-state index contributed by atoms with van der Waals surface area (Å²) in [4.78, 5) is 25.2. The highest BCUT2D eigenvalue weighted by atomic mass is 32.1. The van der Waals surface area contributed by atoms with Gasteiger partial charge in [0.15, 0.2) is 0 Å². The van der Waals surface area contributed by atoms with Crippen LogP contribution in [0.5, 0.6) is 0 Å². The number of rotatable bonds is 5. The molecule has 0 aliphatic carbocycles. The molecule has 1 fully saturated rings. The second-order valence-corrected chi connectivity index (χ2v) is 6.02. The smallest absolute Gasteiger partial charge is 0.328 e. The van der Waals surface area contributed by atoms with Crippen molar-refractivity contribution in [2.45, 2.75) is 31.9 Å². The van der Waals surface area contributed by atoms with Crippen molar-refractivity contribution in [3.05, 3.63) is 28.0 Å². The Balaban J connectivity index is 1.91. The number of carboxylic acid groups (broad SMARTS) is 1. The first-order chi connectivity index (χ1) is 10.1. The monoisotopic (exact) mass is 309 g/mol. The first kappa shape index (κ1) is 15.7. The molecule has 21 heavy (non-hydrogen) atoms. The summed E-state index contributed by atoms with van der Waals surface area (Å²) in [6.45, 7) is 1.17. The number of carboxylic acids is 1. The van der Waals surface area contributed by atoms with Gasteiger partial charge in [-0.1, -0.05) is 0 Å². The summed E-state index contributed by atoms with van der Waals surface area (Å²) in [6, 6.07) is 1.90. The lowest BCUT2D eigenvalue weighted by molar-refractivity contribution is -0.145. The Kier molecular flexibility index (Phi) is 5.52. The van der Waals surface area contributed by atoms with E-state index in [2.05, 4.69) is 0 Å². The van der Waals surface area contributed by atoms with Gasteiger partial charge in [-0.25, -0.2) is 4.79 Å². The molecule has 1 saturated heterocycles. The second-order valence-electron chi connectivity index (χ2n) is 5.08. The standard InChI is InChI=1S/C15H19NO4S/c1-16(15(19)13-4-2-3-7-20-13)9-11-8-12(21-10-11)5-6-14(17)18/h5-6,8,10,13H,2-4,7,9H2,1H3,(H,17,18). The molecule has 0 spiro atoms. The number of aliphatic carboxylic acids is 1. The Labute approximate surface area is 127 Å². The fourth-order valence-corrected chi connectivity index (χ4v) is 3.05. The lowest BCUT2D eigenvalue weighted by Crippen LogP contribution is -2.39. The topological polar surface area (TPSA) is 66.8 Å². The van der Waals surface area contributed by atoms with Crippen molar-refractivity contribution in [2.75, 3.05) is 13.7 Å². The summed E-state index contributed by atoms with van der Waals surface area (Å²) in [5, 5.41) is 10.5. The van der Waals surface area contributed by atoms with Gasteiger partial charge in [0, 0.05) is 31.2 Å². The summed E-state index contributed by atoms with van der Waals surface area (Å²) in [7, 11) is 1.77. The molecular formula is C15H19NO4S. The number of amides is 1. The van der Waals surface area contributed by atoms with E-state index in [1.54, 1.807) is 18.0 Å². The normalized spacial score (nSPS) is 18.8. The fourth-order valence-electron chi connectivity index (χ4n) is 2.25. The Hall–Kier alpha value is -1.66. The predicted molar refractivity (Wildman–Crippen MR) is 81.1 cm³/mol. The van der Waals surface area contributed by atoms with Crippen LogP contribution >= 0.6 is 11.3 Å². The van der Waals surface area contributed by atoms with Gasteiger partial charge in [-0.2, -0.15) is 0 Å². The molecule has 114 valence electrons. The number of hydrogen-bond donors (Lipinski definition) is 1. The zero-order valence-electron chi connectivity index (χ0n) is 11.9. The Morgan fingerprint density at radius 3 is 3.00 bits per heavy atom. The first-order valence-corrected chi connectivity index (χ1v) is 7.79. The zero-order chi connectivity index (χ0) is 15.2. The number of thiophene rings is 1. The molecule has 1 aliphatic heterocycles. The van der Waals surface area contributed by atoms with E-state index in [0.29, 0.717) is 13.2 Å². The molecule has 5 nitrogen and oxygen atoms in total. The van der Waals surface area contributed by atoms with Crippen molar-refractivity contribution >= 4 is 29.3 Å². The number of ether oxygens (including phenoxy) is 1. The van der Waals surface area contributed by atoms with Crippen LogP contribution in [0.15, 0.2) is 17.5 Å². The fraction of sp³-hybridized carbons (Fsp3) is 0.467. The minimum Gasteiger partial charge on any atom is -0.478 e. The maximum absolute atomic E-state index is 12.2. The molecule has 6 heteroatoms. The zero-order valence-corrected chi connectivity index (χ0v) is 12.8. The molecule has 0 bridgehead atoms. The summed E-state index contributed by atoms with van der Waals surface area (Å²) < 4.78 is 5.50. The highest BCUT2D eigenvalue weighted by Gasteiger charge is 2.24. The van der Waals surface area contributed by atoms with E-state index < -0.39 is 5.97 Å². The van der Waals surface area contributed by atoms with Crippen molar-refractivity contribution in [2.24, 2.45) is 0 Å². The Bertz CT molecular complexity index is 532. The molecule has 1 aromatic rings. The molecule has 0 aromatic carbocycles. The third-order valence-corrected chi connectivity index (χ3v) is 4.26. The van der Waals surface area contributed by atoms with Gasteiger partial charge in [0.1, 0.15) is 6.10 Å². The summed E-state index contributed by atoms with van der Waals surface area (Å²) in [5.74, 6) is -0.949. The van der Waals surface area contributed by atoms with Crippen molar-refractivity contribution in [1.82, 2.24) is 4.90 Å². The van der Waals surface area contributed by atoms with Gasteiger partial charge >= 0.3 is 5.97 Å². The maximum Gasteiger partial charge on any atom is 0.328 e. The van der Waals surface area contributed by atoms with Crippen LogP contribution in [0, 0.1) is 0 Å². The van der Waals surface area contributed by atoms with E-state index in [1.807, 2.05) is 11.4 Å². The average molecular weight is 309 g/mol. The van der Waals surface area contributed by atoms with Crippen LogP contribution < -0.4 is 0 Å². The first-order valence-electron chi connectivity index (χ1n) is 6.91. The van der Waals surface area contributed by atoms with E-state index >= 15 is 0 Å². The van der Waals surface area contributed by atoms with Crippen LogP contribution in [-0.2, 0) is 20.9 Å². The van der Waals surface area contributed by atoms with E-state index in [0.717, 1.165) is 35.8 Å². The van der Waals surface area contributed by atoms with Gasteiger partial charge in [-0.05, 0) is 42.3 Å². The van der Waals surface area contributed by atoms with Gasteiger partial charge in [0.2, 0.25) is 0 Å². The summed E-state index contributed by atoms with van der Waals surface area (Å²) >= 11 is 1.46. The number of hydrogen-bond acceptors (Lipinski definition) is 4. The van der Waals surface area contributed by atoms with Crippen molar-refractivity contribution in [3.63, 3.8) is 0 Å². The molecule has 1 aliphatic rings. The van der Waals surface area contributed by atoms with E-state index in [1.165, 1.54) is 11.3 Å². The highest BCUT2D eigenvalue weighted by molar-refractivity contribution is 7.11. The van der Waals surface area contributed by atoms with Gasteiger partial charge in [-0.15, -0.1) is 11.3 Å². The van der Waals surface area contributed by atoms with Crippen LogP contribution in [-0.4, -0.2) is 41.6 Å². The van der Waals surface area contributed by atoms with E-state index in [4.69, 9.17) is 9.84 Å². The molecule has 1 aromatic heterocycles. The number of likely N-dealkylation sites (N-methyl/N-ethyl adjacent to an activating group) is 1. The van der Waals surface area contributed by atoms with Gasteiger partial charge in [0.05, 0.1) is 0 Å². The maximum atomic E-state index is 12.2. The summed E-state index contributed by atoms with van der Waals surface area (Å²) in [6.07, 6.45) is 5.21. The Morgan fingerprint density at radius 1 is 1.52 bits per heavy atom. The van der Waals surface area contributed by atoms with Crippen molar-refractivity contribution in [3.8, 4) is 0 Å². The third kappa shape index (κ3) is 4.68.